The molecule has 31 heavy (non-hydrogen) atoms. The van der Waals surface area contributed by atoms with E-state index in [2.05, 4.69) is 20.4 Å². The Morgan fingerprint density at radius 2 is 1.71 bits per heavy atom. The Labute approximate surface area is 180 Å². The van der Waals surface area contributed by atoms with Crippen molar-refractivity contribution in [3.8, 4) is 0 Å². The molecule has 1 unspecified atom stereocenters. The first-order chi connectivity index (χ1) is 15.0. The highest BCUT2D eigenvalue weighted by atomic mass is 16.2. The molecule has 9 nitrogen and oxygen atoms in total. The Hall–Kier alpha value is -2.62. The van der Waals surface area contributed by atoms with E-state index in [1.807, 2.05) is 6.07 Å². The number of fused-ring (bicyclic) bond motifs is 1. The number of carbonyl (C=O) groups is 4. The molecule has 1 aromatic carbocycles. The highest BCUT2D eigenvalue weighted by Crippen LogP contribution is 2.28. The molecular formula is C22H27N5O4. The van der Waals surface area contributed by atoms with Crippen LogP contribution >= 0.6 is 0 Å². The number of imide groups is 2. The number of nitrogens with one attached hydrogen (secondary N) is 2. The van der Waals surface area contributed by atoms with Crippen LogP contribution in [0.4, 0.5) is 0 Å². The molecule has 0 aromatic heterocycles. The topological polar surface area (TPSA) is 102 Å². The average Bonchev–Trinajstić information content (AvgIpc) is 3.37. The number of benzene rings is 1. The normalized spacial score (nSPS) is 27.7. The van der Waals surface area contributed by atoms with Gasteiger partial charge in [0.1, 0.15) is 6.04 Å². The SMILES string of the molecule is O=C1CCC(N2C(=O)c3ccc(CN4CCN([C@H]5CCNC5)CC4)cc3C2=O)C(=O)N1. The zero-order valence-electron chi connectivity index (χ0n) is 17.4. The van der Waals surface area contributed by atoms with Gasteiger partial charge in [-0.05, 0) is 37.1 Å². The van der Waals surface area contributed by atoms with Crippen LogP contribution in [0.5, 0.6) is 0 Å². The third-order valence-electron chi connectivity index (χ3n) is 6.87. The molecule has 2 atom stereocenters. The summed E-state index contributed by atoms with van der Waals surface area (Å²) in [7, 11) is 0. The van der Waals surface area contributed by atoms with E-state index >= 15 is 0 Å². The fourth-order valence-corrected chi connectivity index (χ4v) is 5.11. The maximum Gasteiger partial charge on any atom is 0.262 e. The number of piperidine rings is 1. The summed E-state index contributed by atoms with van der Waals surface area (Å²) in [5.74, 6) is -1.86. The number of carbonyl (C=O) groups excluding carboxylic acids is 4. The molecule has 0 aliphatic carbocycles. The summed E-state index contributed by atoms with van der Waals surface area (Å²) >= 11 is 0. The van der Waals surface area contributed by atoms with Crippen LogP contribution in [0.1, 0.15) is 45.5 Å². The van der Waals surface area contributed by atoms with Gasteiger partial charge < -0.3 is 5.32 Å². The van der Waals surface area contributed by atoms with E-state index in [1.54, 1.807) is 12.1 Å². The Balaban J connectivity index is 1.25. The lowest BCUT2D eigenvalue weighted by Crippen LogP contribution is -2.54. The van der Waals surface area contributed by atoms with Crippen molar-refractivity contribution >= 4 is 23.6 Å². The lowest BCUT2D eigenvalue weighted by atomic mass is 10.0. The quantitative estimate of drug-likeness (QED) is 0.631. The Morgan fingerprint density at radius 1 is 0.935 bits per heavy atom. The van der Waals surface area contributed by atoms with Gasteiger partial charge in [-0.15, -0.1) is 0 Å². The van der Waals surface area contributed by atoms with E-state index in [9.17, 15) is 19.2 Å². The molecule has 2 N–H and O–H groups in total. The van der Waals surface area contributed by atoms with E-state index in [-0.39, 0.29) is 18.7 Å². The largest absolute Gasteiger partial charge is 0.315 e. The predicted octanol–water partition coefficient (Wildman–Crippen LogP) is -0.433. The fraction of sp³-hybridized carbons (Fsp3) is 0.545. The Bertz CT molecular complexity index is 934. The zero-order valence-corrected chi connectivity index (χ0v) is 17.4. The van der Waals surface area contributed by atoms with Gasteiger partial charge in [0.25, 0.3) is 11.8 Å². The lowest BCUT2D eigenvalue weighted by molar-refractivity contribution is -0.136. The van der Waals surface area contributed by atoms with Gasteiger partial charge >= 0.3 is 0 Å². The summed E-state index contributed by atoms with van der Waals surface area (Å²) in [6, 6.07) is 5.09. The number of rotatable bonds is 4. The number of hydrogen-bond acceptors (Lipinski definition) is 7. The van der Waals surface area contributed by atoms with E-state index < -0.39 is 23.8 Å². The lowest BCUT2D eigenvalue weighted by Gasteiger charge is -2.37. The summed E-state index contributed by atoms with van der Waals surface area (Å²) < 4.78 is 0. The number of hydrogen-bond donors (Lipinski definition) is 2. The molecule has 5 rings (SSSR count). The van der Waals surface area contributed by atoms with Crippen molar-refractivity contribution in [2.75, 3.05) is 39.3 Å². The molecule has 0 spiro atoms. The highest BCUT2D eigenvalue weighted by Gasteiger charge is 2.44. The van der Waals surface area contributed by atoms with Crippen LogP contribution < -0.4 is 10.6 Å². The summed E-state index contributed by atoms with van der Waals surface area (Å²) in [5.41, 5.74) is 1.67. The minimum Gasteiger partial charge on any atom is -0.315 e. The maximum absolute atomic E-state index is 13.0. The van der Waals surface area contributed by atoms with Gasteiger partial charge in [0.05, 0.1) is 11.1 Å². The van der Waals surface area contributed by atoms with E-state index in [1.165, 1.54) is 6.42 Å². The summed E-state index contributed by atoms with van der Waals surface area (Å²) in [5, 5.41) is 5.65. The first-order valence-corrected chi connectivity index (χ1v) is 11.0. The van der Waals surface area contributed by atoms with Crippen molar-refractivity contribution in [3.63, 3.8) is 0 Å². The van der Waals surface area contributed by atoms with E-state index in [4.69, 9.17) is 0 Å². The van der Waals surface area contributed by atoms with Gasteiger partial charge in [-0.1, -0.05) is 6.07 Å². The van der Waals surface area contributed by atoms with Crippen molar-refractivity contribution in [1.82, 2.24) is 25.3 Å². The molecule has 9 heteroatoms. The van der Waals surface area contributed by atoms with Crippen LogP contribution in [0.25, 0.3) is 0 Å². The second-order valence-electron chi connectivity index (χ2n) is 8.79. The minimum absolute atomic E-state index is 0.123. The number of amides is 4. The molecule has 4 heterocycles. The van der Waals surface area contributed by atoms with Crippen molar-refractivity contribution in [2.24, 2.45) is 0 Å². The Morgan fingerprint density at radius 3 is 2.42 bits per heavy atom. The van der Waals surface area contributed by atoms with Gasteiger partial charge in [-0.2, -0.15) is 0 Å². The summed E-state index contributed by atoms with van der Waals surface area (Å²) in [6.45, 7) is 6.93. The second kappa shape index (κ2) is 8.14. The van der Waals surface area contributed by atoms with Crippen LogP contribution in [0, 0.1) is 0 Å². The highest BCUT2D eigenvalue weighted by molar-refractivity contribution is 6.23. The third-order valence-corrected chi connectivity index (χ3v) is 6.87. The van der Waals surface area contributed by atoms with Crippen molar-refractivity contribution in [1.29, 1.82) is 0 Å². The van der Waals surface area contributed by atoms with Crippen molar-refractivity contribution in [2.45, 2.75) is 37.9 Å². The first-order valence-electron chi connectivity index (χ1n) is 11.0. The first kappa shape index (κ1) is 20.3. The third kappa shape index (κ3) is 3.77. The molecule has 4 aliphatic rings. The maximum atomic E-state index is 13.0. The molecule has 4 amide bonds. The molecule has 1 aromatic rings. The summed E-state index contributed by atoms with van der Waals surface area (Å²) in [6.07, 6.45) is 1.51. The average molecular weight is 425 g/mol. The van der Waals surface area contributed by atoms with Gasteiger partial charge in [0.2, 0.25) is 11.8 Å². The van der Waals surface area contributed by atoms with Gasteiger partial charge in [-0.25, -0.2) is 0 Å². The molecular weight excluding hydrogens is 398 g/mol. The smallest absolute Gasteiger partial charge is 0.262 e. The predicted molar refractivity (Wildman–Crippen MR) is 111 cm³/mol. The van der Waals surface area contributed by atoms with Crippen LogP contribution in [0.2, 0.25) is 0 Å². The molecule has 4 aliphatic heterocycles. The van der Waals surface area contributed by atoms with Gasteiger partial charge in [-0.3, -0.25) is 39.2 Å². The van der Waals surface area contributed by atoms with Crippen LogP contribution in [-0.4, -0.2) is 89.7 Å². The molecule has 3 fully saturated rings. The second-order valence-corrected chi connectivity index (χ2v) is 8.79. The Kier molecular flexibility index (Phi) is 5.33. The summed E-state index contributed by atoms with van der Waals surface area (Å²) in [4.78, 5) is 55.4. The molecule has 3 saturated heterocycles. The van der Waals surface area contributed by atoms with E-state index in [0.29, 0.717) is 17.2 Å². The molecule has 0 radical (unpaired) electrons. The van der Waals surface area contributed by atoms with Gasteiger partial charge in [0.15, 0.2) is 0 Å². The van der Waals surface area contributed by atoms with Crippen LogP contribution in [-0.2, 0) is 16.1 Å². The van der Waals surface area contributed by atoms with E-state index in [0.717, 1.165) is 56.3 Å². The molecule has 164 valence electrons. The standard InChI is InChI=1S/C22H27N5O4/c28-19-4-3-18(20(29)24-19)27-21(30)16-2-1-14(11-17(16)22(27)31)13-25-7-9-26(10-8-25)15-5-6-23-12-15/h1-2,11,15,18,23H,3-10,12-13H2,(H,24,28,29)/t15-,18?/m0/s1. The molecule has 0 bridgehead atoms. The van der Waals surface area contributed by atoms with Crippen molar-refractivity contribution < 1.29 is 19.2 Å². The van der Waals surface area contributed by atoms with Crippen LogP contribution in [0.15, 0.2) is 18.2 Å². The monoisotopic (exact) mass is 425 g/mol. The van der Waals surface area contributed by atoms with Crippen molar-refractivity contribution in [3.05, 3.63) is 34.9 Å². The number of nitrogens with zero attached hydrogens (tertiary/aromatic N) is 3. The van der Waals surface area contributed by atoms with Gasteiger partial charge in [0, 0.05) is 51.7 Å². The van der Waals surface area contributed by atoms with Crippen LogP contribution in [0.3, 0.4) is 0 Å². The number of piperazine rings is 1. The molecule has 0 saturated carbocycles. The zero-order chi connectivity index (χ0) is 21.5. The minimum atomic E-state index is -0.924. The fourth-order valence-electron chi connectivity index (χ4n) is 5.11.